The van der Waals surface area contributed by atoms with Gasteiger partial charge in [-0.25, -0.2) is 4.98 Å². The Morgan fingerprint density at radius 2 is 1.71 bits per heavy atom. The molecule has 7 heteroatoms. The molecule has 0 aliphatic heterocycles. The molecule has 0 aliphatic rings. The van der Waals surface area contributed by atoms with Crippen LogP contribution >= 0.6 is 0 Å². The number of H-pyrrole nitrogens is 1. The van der Waals surface area contributed by atoms with Crippen molar-refractivity contribution in [3.8, 4) is 5.75 Å². The SMILES string of the molecule is COc1c[nH]c2c3nc4ccccc4c3cc3c(=O)n([Si](C)(C)C(C)(C)C)c(=O)c1c32. The van der Waals surface area contributed by atoms with Gasteiger partial charge in [-0.15, -0.1) is 0 Å². The van der Waals surface area contributed by atoms with Crippen LogP contribution < -0.4 is 15.9 Å². The van der Waals surface area contributed by atoms with E-state index < -0.39 is 8.24 Å². The highest BCUT2D eigenvalue weighted by Crippen LogP contribution is 2.39. The van der Waals surface area contributed by atoms with E-state index in [1.165, 1.54) is 4.23 Å². The van der Waals surface area contributed by atoms with Crippen molar-refractivity contribution < 1.29 is 4.74 Å². The quantitative estimate of drug-likeness (QED) is 0.406. The highest BCUT2D eigenvalue weighted by atomic mass is 28.3. The molecular formula is C24H25N3O3Si. The smallest absolute Gasteiger partial charge is 0.257 e. The van der Waals surface area contributed by atoms with E-state index in [0.29, 0.717) is 27.4 Å². The fourth-order valence-corrected chi connectivity index (χ4v) is 6.27. The van der Waals surface area contributed by atoms with Crippen molar-refractivity contribution in [1.82, 2.24) is 14.2 Å². The van der Waals surface area contributed by atoms with Gasteiger partial charge in [0, 0.05) is 22.4 Å². The van der Waals surface area contributed by atoms with Crippen LogP contribution in [0.5, 0.6) is 5.75 Å². The van der Waals surface area contributed by atoms with Crippen molar-refractivity contribution >= 4 is 51.7 Å². The number of rotatable bonds is 2. The molecule has 3 heterocycles. The molecule has 0 amide bonds. The van der Waals surface area contributed by atoms with Crippen LogP contribution in [-0.2, 0) is 0 Å². The maximum Gasteiger partial charge on any atom is 0.257 e. The van der Waals surface area contributed by atoms with Crippen molar-refractivity contribution in [2.75, 3.05) is 7.11 Å². The number of ether oxygens (including phenoxy) is 1. The maximum absolute atomic E-state index is 13.9. The van der Waals surface area contributed by atoms with E-state index in [9.17, 15) is 9.59 Å². The van der Waals surface area contributed by atoms with Gasteiger partial charge >= 0.3 is 0 Å². The lowest BCUT2D eigenvalue weighted by Crippen LogP contribution is -2.56. The molecule has 0 atom stereocenters. The molecule has 158 valence electrons. The van der Waals surface area contributed by atoms with Crippen molar-refractivity contribution in [2.24, 2.45) is 0 Å². The minimum Gasteiger partial charge on any atom is -0.494 e. The van der Waals surface area contributed by atoms with Gasteiger partial charge < -0.3 is 14.0 Å². The predicted molar refractivity (Wildman–Crippen MR) is 129 cm³/mol. The summed E-state index contributed by atoms with van der Waals surface area (Å²) in [5.41, 5.74) is 1.79. The van der Waals surface area contributed by atoms with Crippen LogP contribution in [-0.4, -0.2) is 29.5 Å². The Bertz CT molecular complexity index is 1620. The average Bonchev–Trinajstić information content (AvgIpc) is 3.09. The summed E-state index contributed by atoms with van der Waals surface area (Å²) in [6, 6.07) is 9.79. The first-order valence-corrected chi connectivity index (χ1v) is 13.3. The van der Waals surface area contributed by atoms with Gasteiger partial charge in [-0.3, -0.25) is 9.59 Å². The standard InChI is InChI=1S/C24H25N3O3Si/c1-24(2,3)31(5,6)27-22(28)15-11-14-13-9-7-8-10-16(13)26-20(14)21-18(15)19(23(27)29)17(30-4)12-25-21/h7-12,25H,1-6H3. The van der Waals surface area contributed by atoms with Crippen LogP contribution in [0.15, 0.2) is 46.1 Å². The molecule has 0 bridgehead atoms. The Hall–Kier alpha value is -3.19. The highest BCUT2D eigenvalue weighted by molar-refractivity contribution is 6.78. The zero-order valence-corrected chi connectivity index (χ0v) is 19.6. The maximum atomic E-state index is 13.9. The Morgan fingerprint density at radius 3 is 2.39 bits per heavy atom. The van der Waals surface area contributed by atoms with Crippen LogP contribution in [0.2, 0.25) is 18.1 Å². The van der Waals surface area contributed by atoms with Crippen molar-refractivity contribution in [1.29, 1.82) is 0 Å². The topological polar surface area (TPSA) is 77.0 Å². The second kappa shape index (κ2) is 6.17. The van der Waals surface area contributed by atoms with Crippen molar-refractivity contribution in [3.63, 3.8) is 0 Å². The van der Waals surface area contributed by atoms with Crippen LogP contribution in [0.1, 0.15) is 20.8 Å². The van der Waals surface area contributed by atoms with Gasteiger partial charge in [0.25, 0.3) is 11.1 Å². The third-order valence-electron chi connectivity index (χ3n) is 7.04. The molecule has 5 aromatic rings. The first kappa shape index (κ1) is 19.8. The molecule has 0 unspecified atom stereocenters. The predicted octanol–water partition coefficient (Wildman–Crippen LogP) is 4.84. The normalized spacial score (nSPS) is 13.1. The van der Waals surface area contributed by atoms with Gasteiger partial charge in [0.1, 0.15) is 5.75 Å². The number of benzene rings is 2. The molecule has 3 aromatic heterocycles. The highest BCUT2D eigenvalue weighted by Gasteiger charge is 2.41. The number of nitrogens with one attached hydrogen (secondary N) is 1. The summed E-state index contributed by atoms with van der Waals surface area (Å²) in [5.74, 6) is 0.436. The van der Waals surface area contributed by atoms with E-state index >= 15 is 0 Å². The molecule has 0 spiro atoms. The third kappa shape index (κ3) is 2.46. The van der Waals surface area contributed by atoms with Crippen LogP contribution in [0.3, 0.4) is 0 Å². The van der Waals surface area contributed by atoms with Gasteiger partial charge in [0.15, 0.2) is 8.24 Å². The number of hydrogen-bond acceptors (Lipinski definition) is 4. The van der Waals surface area contributed by atoms with Gasteiger partial charge in [-0.2, -0.15) is 0 Å². The van der Waals surface area contributed by atoms with Crippen LogP contribution in [0, 0.1) is 0 Å². The molecule has 6 nitrogen and oxygen atoms in total. The summed E-state index contributed by atoms with van der Waals surface area (Å²) in [6.45, 7) is 10.4. The third-order valence-corrected chi connectivity index (χ3v) is 12.2. The van der Waals surface area contributed by atoms with Gasteiger partial charge in [0.05, 0.1) is 34.4 Å². The second-order valence-corrected chi connectivity index (χ2v) is 14.8. The molecule has 0 saturated heterocycles. The number of methoxy groups -OCH3 is 1. The van der Waals surface area contributed by atoms with E-state index in [2.05, 4.69) is 38.8 Å². The Balaban J connectivity index is 2.12. The number of nitrogens with zero attached hydrogens (tertiary/aromatic N) is 2. The van der Waals surface area contributed by atoms with E-state index in [1.807, 2.05) is 30.3 Å². The Morgan fingerprint density at radius 1 is 1.00 bits per heavy atom. The lowest BCUT2D eigenvalue weighted by molar-refractivity contribution is 0.418. The summed E-state index contributed by atoms with van der Waals surface area (Å²) >= 11 is 0. The molecule has 1 N–H and O–H groups in total. The monoisotopic (exact) mass is 431 g/mol. The molecule has 5 rings (SSSR count). The Labute approximate surface area is 179 Å². The van der Waals surface area contributed by atoms with E-state index in [0.717, 1.165) is 21.8 Å². The number of pyridine rings is 2. The minimum atomic E-state index is -2.50. The first-order chi connectivity index (χ1) is 14.6. The molecule has 0 aliphatic carbocycles. The summed E-state index contributed by atoms with van der Waals surface area (Å²) in [6.07, 6.45) is 1.69. The minimum absolute atomic E-state index is 0.193. The van der Waals surface area contributed by atoms with Gasteiger partial charge in [-0.1, -0.05) is 52.1 Å². The number of hydrogen-bond donors (Lipinski definition) is 1. The fourth-order valence-electron chi connectivity index (χ4n) is 4.36. The van der Waals surface area contributed by atoms with E-state index in [4.69, 9.17) is 9.72 Å². The lowest BCUT2D eigenvalue weighted by atomic mass is 10.0. The summed E-state index contributed by atoms with van der Waals surface area (Å²) in [7, 11) is -0.962. The number of aromatic amines is 1. The van der Waals surface area contributed by atoms with Gasteiger partial charge in [-0.05, 0) is 17.2 Å². The largest absolute Gasteiger partial charge is 0.494 e. The fraction of sp³-hybridized carbons (Fsp3) is 0.292. The first-order valence-electron chi connectivity index (χ1n) is 10.4. The number of fused-ring (bicyclic) bond motifs is 4. The zero-order chi connectivity index (χ0) is 22.3. The molecular weight excluding hydrogens is 406 g/mol. The Kier molecular flexibility index (Phi) is 3.93. The molecule has 31 heavy (non-hydrogen) atoms. The summed E-state index contributed by atoms with van der Waals surface area (Å²) in [5, 5.41) is 3.26. The molecule has 0 fully saturated rings. The summed E-state index contributed by atoms with van der Waals surface area (Å²) in [4.78, 5) is 35.7. The molecule has 0 saturated carbocycles. The molecule has 2 aromatic carbocycles. The van der Waals surface area contributed by atoms with E-state index in [-0.39, 0.29) is 16.2 Å². The van der Waals surface area contributed by atoms with Crippen LogP contribution in [0.25, 0.3) is 43.5 Å². The van der Waals surface area contributed by atoms with E-state index in [1.54, 1.807) is 13.3 Å². The number of para-hydroxylation sites is 1. The molecule has 0 radical (unpaired) electrons. The lowest BCUT2D eigenvalue weighted by Gasteiger charge is -2.37. The van der Waals surface area contributed by atoms with Crippen LogP contribution in [0.4, 0.5) is 0 Å². The second-order valence-electron chi connectivity index (χ2n) is 9.69. The van der Waals surface area contributed by atoms with Crippen molar-refractivity contribution in [2.45, 2.75) is 38.9 Å². The average molecular weight is 432 g/mol. The number of aromatic nitrogens is 3. The van der Waals surface area contributed by atoms with Crippen molar-refractivity contribution in [3.05, 3.63) is 57.2 Å². The summed E-state index contributed by atoms with van der Waals surface area (Å²) < 4.78 is 7.10. The van der Waals surface area contributed by atoms with Gasteiger partial charge in [0.2, 0.25) is 0 Å². The zero-order valence-electron chi connectivity index (χ0n) is 18.6.